The second-order valence-electron chi connectivity index (χ2n) is 29.1. The SMILES string of the molecule is CC.CN1/C(=C/C=C/C2=[N+](Cc3ccc(C[N+]4=C(/C=C/C=C5/N(C)c6cc(Br)c([N+](=O)[O-])cc6C56CCCCC6)C(C)(C)c5c4ccc4ccccc54)cc3)c3ccc4ccccc4c3C2(C)C)C2(CCCCC2)c2cc([N+](=O)[O-])c(Br)cc21.C[C-]1CCCC1.O=S(=O)([O-])C1[CH-]CCC1.[Fe+2]. The maximum Gasteiger partial charge on any atom is 2.00 e. The van der Waals surface area contributed by atoms with E-state index in [4.69, 9.17) is 0 Å². The number of hydrogen-bond acceptors (Lipinski definition) is 9. The fourth-order valence-corrected chi connectivity index (χ4v) is 19.5. The first-order valence-corrected chi connectivity index (χ1v) is 38.7. The number of nitrogens with zero attached hydrogens (tertiary/aromatic N) is 6. The van der Waals surface area contributed by atoms with Gasteiger partial charge in [0.25, 0.3) is 11.4 Å². The number of allylic oxidation sites excluding steroid dienone is 8. The molecule has 4 saturated carbocycles. The van der Waals surface area contributed by atoms with Crippen molar-refractivity contribution < 1.29 is 49.0 Å². The third kappa shape index (κ3) is 13.9. The van der Waals surface area contributed by atoms with Crippen LogP contribution in [0.25, 0.3) is 21.5 Å². The molecule has 2 spiro atoms. The van der Waals surface area contributed by atoms with Crippen LogP contribution in [-0.4, -0.2) is 62.7 Å². The summed E-state index contributed by atoms with van der Waals surface area (Å²) in [6.45, 7) is 17.0. The molecule has 4 heterocycles. The number of anilines is 2. The minimum Gasteiger partial charge on any atom is -0.750 e. The number of rotatable bonds is 11. The van der Waals surface area contributed by atoms with Crippen LogP contribution in [0.15, 0.2) is 178 Å². The molecule has 524 valence electrons. The third-order valence-electron chi connectivity index (χ3n) is 22.6. The molecule has 4 fully saturated rings. The van der Waals surface area contributed by atoms with Gasteiger partial charge in [-0.15, -0.1) is 0 Å². The second kappa shape index (κ2) is 30.2. The predicted octanol–water partition coefficient (Wildman–Crippen LogP) is 21.5. The molecule has 7 aromatic rings. The van der Waals surface area contributed by atoms with Crippen LogP contribution in [0.4, 0.5) is 34.1 Å². The van der Waals surface area contributed by atoms with E-state index in [-0.39, 0.29) is 60.0 Å². The quantitative estimate of drug-likeness (QED) is 0.0307. The van der Waals surface area contributed by atoms with Crippen molar-refractivity contribution in [3.8, 4) is 0 Å². The minimum absolute atomic E-state index is 0. The Bertz CT molecular complexity index is 4360. The molecule has 8 aliphatic rings. The maximum absolute atomic E-state index is 12.2. The van der Waals surface area contributed by atoms with Crippen LogP contribution in [0.2, 0.25) is 0 Å². The van der Waals surface area contributed by atoms with Crippen molar-refractivity contribution in [2.24, 2.45) is 0 Å². The number of halogens is 2. The predicted molar refractivity (Wildman–Crippen MR) is 410 cm³/mol. The molecule has 0 aromatic heterocycles. The van der Waals surface area contributed by atoms with Gasteiger partial charge in [-0.25, -0.2) is 8.42 Å². The van der Waals surface area contributed by atoms with Crippen LogP contribution in [0, 0.1) is 32.6 Å². The molecule has 0 saturated heterocycles. The molecule has 4 aliphatic heterocycles. The smallest absolute Gasteiger partial charge is 0.750 e. The van der Waals surface area contributed by atoms with E-state index < -0.39 is 15.4 Å². The molecule has 0 radical (unpaired) electrons. The van der Waals surface area contributed by atoms with E-state index in [2.05, 4.69) is 233 Å². The second-order valence-corrected chi connectivity index (χ2v) is 32.4. The Morgan fingerprint density at radius 3 is 1.33 bits per heavy atom. The average molecular weight is 1530 g/mol. The van der Waals surface area contributed by atoms with E-state index in [9.17, 15) is 33.2 Å². The van der Waals surface area contributed by atoms with Gasteiger partial charge in [-0.1, -0.05) is 168 Å². The number of likely N-dealkylation sites (N-methyl/N-ethyl adjacent to an activating group) is 2. The molecule has 17 heteroatoms. The molecule has 13 nitrogen and oxygen atoms in total. The fraction of sp³-hybridized carbons (Fsp3) is 0.398. The zero-order valence-corrected chi connectivity index (χ0v) is 64.3. The van der Waals surface area contributed by atoms with E-state index >= 15 is 0 Å². The molecule has 0 N–H and O–H groups in total. The van der Waals surface area contributed by atoms with Gasteiger partial charge in [0, 0.05) is 106 Å². The number of benzene rings is 7. The minimum atomic E-state index is -4.01. The normalized spacial score (nSPS) is 20.7. The molecule has 1 unspecified atom stereocenters. The van der Waals surface area contributed by atoms with Gasteiger partial charge in [0.15, 0.2) is 24.5 Å². The van der Waals surface area contributed by atoms with E-state index in [1.165, 1.54) is 117 Å². The van der Waals surface area contributed by atoms with Crippen LogP contribution in [-0.2, 0) is 61.9 Å². The monoisotopic (exact) mass is 1530 g/mol. The zero-order valence-electron chi connectivity index (χ0n) is 59.2. The van der Waals surface area contributed by atoms with Gasteiger partial charge >= 0.3 is 17.1 Å². The summed E-state index contributed by atoms with van der Waals surface area (Å²) < 4.78 is 36.8. The van der Waals surface area contributed by atoms with Crippen molar-refractivity contribution in [3.63, 3.8) is 0 Å². The number of fused-ring (bicyclic) bond motifs is 10. The Hall–Kier alpha value is -6.85. The van der Waals surface area contributed by atoms with Crippen molar-refractivity contribution in [2.45, 2.75) is 198 Å². The van der Waals surface area contributed by atoms with E-state index in [0.29, 0.717) is 28.5 Å². The van der Waals surface area contributed by atoms with Crippen LogP contribution in [0.1, 0.15) is 191 Å². The van der Waals surface area contributed by atoms with Gasteiger partial charge in [0.05, 0.1) is 39.7 Å². The first-order valence-electron chi connectivity index (χ1n) is 35.7. The fourth-order valence-electron chi connectivity index (χ4n) is 17.8. The van der Waals surface area contributed by atoms with Crippen LogP contribution in [0.5, 0.6) is 0 Å². The Morgan fingerprint density at radius 2 is 0.990 bits per heavy atom. The van der Waals surface area contributed by atoms with E-state index in [0.717, 1.165) is 86.7 Å². The van der Waals surface area contributed by atoms with Crippen molar-refractivity contribution in [1.29, 1.82) is 0 Å². The number of nitro groups is 2. The van der Waals surface area contributed by atoms with Crippen LogP contribution >= 0.6 is 31.9 Å². The molecule has 100 heavy (non-hydrogen) atoms. The van der Waals surface area contributed by atoms with Gasteiger partial charge in [-0.05, 0) is 154 Å². The van der Waals surface area contributed by atoms with E-state index in [1.807, 2.05) is 38.1 Å². The maximum atomic E-state index is 12.2. The first kappa shape index (κ1) is 74.3. The van der Waals surface area contributed by atoms with Crippen molar-refractivity contribution in [3.05, 3.63) is 244 Å². The molecule has 1 atom stereocenters. The molecular formula is C83H93Br2FeN6O7S+. The van der Waals surface area contributed by atoms with Crippen molar-refractivity contribution in [1.82, 2.24) is 0 Å². The third-order valence-corrected chi connectivity index (χ3v) is 25.0. The molecule has 15 rings (SSSR count). The number of nitro benzene ring substituents is 2. The molecule has 4 aliphatic carbocycles. The summed E-state index contributed by atoms with van der Waals surface area (Å²) in [6, 6.07) is 43.4. The van der Waals surface area contributed by atoms with Crippen LogP contribution in [0.3, 0.4) is 0 Å². The van der Waals surface area contributed by atoms with Gasteiger partial charge in [0.1, 0.15) is 0 Å². The summed E-state index contributed by atoms with van der Waals surface area (Å²) in [5.41, 5.74) is 15.5. The topological polar surface area (TPSA) is 156 Å². The van der Waals surface area contributed by atoms with Crippen molar-refractivity contribution >= 4 is 109 Å². The Morgan fingerprint density at radius 1 is 0.590 bits per heavy atom. The summed E-state index contributed by atoms with van der Waals surface area (Å²) in [4.78, 5) is 28.5. The van der Waals surface area contributed by atoms with Gasteiger partial charge in [-0.3, -0.25) is 20.2 Å². The Balaban J connectivity index is 0.000000495. The molecular weight excluding hydrogens is 1440 g/mol. The number of hydrogen-bond donors (Lipinski definition) is 0. The molecule has 0 amide bonds. The largest absolute Gasteiger partial charge is 2.00 e. The molecule has 0 bridgehead atoms. The van der Waals surface area contributed by atoms with Gasteiger partial charge in [-0.2, -0.15) is 35.3 Å². The van der Waals surface area contributed by atoms with E-state index in [1.54, 1.807) is 12.3 Å². The van der Waals surface area contributed by atoms with Gasteiger partial charge in [0.2, 0.25) is 11.4 Å². The first-order chi connectivity index (χ1) is 47.4. The van der Waals surface area contributed by atoms with Gasteiger partial charge < -0.3 is 26.7 Å². The standard InChI is InChI=1S/C70H68Br2N6O4.C6H11.C5H9O3S.C2H6.Fe/c1-67(2)61(23-17-25-63-69(35-13-7-14-36-69)51-39-59(77(79)80)53(71)41-57(51)73(63)5)75(55-33-31-47-19-9-11-21-49(47)65(55)67)43-45-27-29-46(30-28-45)44-76-56-34-32-48-20-10-12-22-50(48)66(56)68(3,4)62(76)24-18-26-64-70(37-15-8-16-38-70)52-40-60(78(81)82)54(72)42-58(52)74(64)6;1-6-4-2-3-5-6;6-9(7,8)5-3-1-2-4-5;1-2;/h9-12,17-34,39-42H,7-8,13-16,35-38,43-44H2,1-6H3;2-5H2,1H3;3,5H,1-2,4H2,(H,6,7,8);1-2H3;/q+2;2*-1;;+2/p-1. The molecule has 7 aromatic carbocycles. The summed E-state index contributed by atoms with van der Waals surface area (Å²) >= 11 is 7.07. The summed E-state index contributed by atoms with van der Waals surface area (Å²) in [6.07, 6.45) is 33.6. The Kier molecular flexibility index (Phi) is 22.5. The van der Waals surface area contributed by atoms with Crippen LogP contribution < -0.4 is 9.80 Å². The zero-order chi connectivity index (χ0) is 70.3. The average Bonchev–Trinajstić information content (AvgIpc) is 1.60. The summed E-state index contributed by atoms with van der Waals surface area (Å²) in [5.74, 6) is 1.70. The summed E-state index contributed by atoms with van der Waals surface area (Å²) in [5, 5.41) is 28.8. The summed E-state index contributed by atoms with van der Waals surface area (Å²) in [7, 11) is 0.221. The van der Waals surface area contributed by atoms with Crippen molar-refractivity contribution in [2.75, 3.05) is 23.9 Å². The Labute approximate surface area is 619 Å².